The lowest BCUT2D eigenvalue weighted by Gasteiger charge is -2.13. The second-order valence-corrected chi connectivity index (χ2v) is 6.25. The van der Waals surface area contributed by atoms with E-state index in [1.54, 1.807) is 36.9 Å². The fourth-order valence-electron chi connectivity index (χ4n) is 2.41. The normalized spacial score (nSPS) is 11.9. The molecule has 0 aliphatic rings. The molecular weight excluding hydrogens is 324 g/mol. The number of nitrogens with one attached hydrogen (secondary N) is 2. The number of rotatable bonds is 5. The summed E-state index contributed by atoms with van der Waals surface area (Å²) in [6.07, 6.45) is 3.43. The Morgan fingerprint density at radius 3 is 2.92 bits per heavy atom. The topological polar surface area (TPSA) is 76.1 Å². The molecule has 2 heterocycles. The van der Waals surface area contributed by atoms with Gasteiger partial charge in [-0.3, -0.25) is 4.98 Å². The number of amides is 2. The number of ether oxygens (including phenoxy) is 1. The van der Waals surface area contributed by atoms with E-state index in [1.807, 2.05) is 30.5 Å². The first-order valence-electron chi connectivity index (χ1n) is 7.55. The number of para-hydroxylation sites is 1. The molecule has 3 rings (SSSR count). The quantitative estimate of drug-likeness (QED) is 0.742. The predicted molar refractivity (Wildman–Crippen MR) is 95.8 cm³/mol. The number of hydrogen-bond acceptors (Lipinski definition) is 5. The molecule has 1 atom stereocenters. The van der Waals surface area contributed by atoms with Gasteiger partial charge in [-0.2, -0.15) is 0 Å². The summed E-state index contributed by atoms with van der Waals surface area (Å²) in [6.45, 7) is 2.55. The second-order valence-electron chi connectivity index (χ2n) is 5.32. The highest BCUT2D eigenvalue weighted by atomic mass is 32.1. The maximum absolute atomic E-state index is 12.2. The van der Waals surface area contributed by atoms with E-state index in [0.717, 1.165) is 16.1 Å². The van der Waals surface area contributed by atoms with Crippen molar-refractivity contribution < 1.29 is 9.53 Å². The number of thiazole rings is 1. The van der Waals surface area contributed by atoms with Gasteiger partial charge < -0.3 is 15.4 Å². The average molecular weight is 342 g/mol. The molecule has 0 aliphatic carbocycles. The van der Waals surface area contributed by atoms with Gasteiger partial charge in [0.25, 0.3) is 0 Å². The van der Waals surface area contributed by atoms with Gasteiger partial charge >= 0.3 is 6.03 Å². The Balaban J connectivity index is 1.69. The van der Waals surface area contributed by atoms with Gasteiger partial charge in [0.15, 0.2) is 0 Å². The number of methoxy groups -OCH3 is 1. The molecule has 124 valence electrons. The van der Waals surface area contributed by atoms with E-state index in [-0.39, 0.29) is 11.9 Å². The van der Waals surface area contributed by atoms with Crippen molar-refractivity contribution in [2.24, 2.45) is 0 Å². The third-order valence-electron chi connectivity index (χ3n) is 3.64. The number of nitrogens with zero attached hydrogens (tertiary/aromatic N) is 2. The molecule has 7 heteroatoms. The van der Waals surface area contributed by atoms with Gasteiger partial charge in [0.2, 0.25) is 0 Å². The van der Waals surface area contributed by atoms with Crippen molar-refractivity contribution in [3.63, 3.8) is 0 Å². The van der Waals surface area contributed by atoms with Crippen LogP contribution >= 0.6 is 11.3 Å². The molecule has 3 aromatic rings. The van der Waals surface area contributed by atoms with Crippen LogP contribution in [0.2, 0.25) is 0 Å². The molecule has 2 aromatic heterocycles. The van der Waals surface area contributed by atoms with Crippen LogP contribution in [0, 0.1) is 0 Å². The van der Waals surface area contributed by atoms with E-state index < -0.39 is 0 Å². The van der Waals surface area contributed by atoms with Gasteiger partial charge in [-0.05, 0) is 18.2 Å². The van der Waals surface area contributed by atoms with Gasteiger partial charge in [0.05, 0.1) is 23.3 Å². The van der Waals surface area contributed by atoms with Crippen LogP contribution in [0.3, 0.4) is 0 Å². The van der Waals surface area contributed by atoms with Crippen LogP contribution in [0.1, 0.15) is 17.8 Å². The van der Waals surface area contributed by atoms with Gasteiger partial charge in [0, 0.05) is 35.6 Å². The van der Waals surface area contributed by atoms with E-state index in [4.69, 9.17) is 4.74 Å². The van der Waals surface area contributed by atoms with Crippen molar-refractivity contribution in [2.45, 2.75) is 12.8 Å². The van der Waals surface area contributed by atoms with Crippen LogP contribution < -0.4 is 15.4 Å². The number of carbonyl (C=O) groups is 1. The molecule has 0 saturated heterocycles. The molecule has 1 aromatic carbocycles. The summed E-state index contributed by atoms with van der Waals surface area (Å²) in [5.74, 6) is 0.892. The number of benzene rings is 1. The van der Waals surface area contributed by atoms with Crippen molar-refractivity contribution in [1.82, 2.24) is 15.3 Å². The molecular formula is C17H18N4O2S. The van der Waals surface area contributed by atoms with Crippen LogP contribution in [-0.4, -0.2) is 29.7 Å². The standard InChI is InChI=1S/C17H18N4O2S/c1-11(16-19-8-9-24-16)10-20-17(22)21-13-5-3-4-12-14(23-2)6-7-18-15(12)13/h3-9,11H,10H2,1-2H3,(H2,20,21,22)/t11-/m1/s1. The van der Waals surface area contributed by atoms with Crippen molar-refractivity contribution in [3.05, 3.63) is 47.0 Å². The van der Waals surface area contributed by atoms with E-state index in [9.17, 15) is 4.79 Å². The van der Waals surface area contributed by atoms with Gasteiger partial charge in [-0.25, -0.2) is 9.78 Å². The lowest BCUT2D eigenvalue weighted by atomic mass is 10.1. The summed E-state index contributed by atoms with van der Waals surface area (Å²) in [7, 11) is 1.61. The van der Waals surface area contributed by atoms with Gasteiger partial charge in [-0.1, -0.05) is 13.0 Å². The summed E-state index contributed by atoms with van der Waals surface area (Å²) >= 11 is 1.59. The molecule has 0 bridgehead atoms. The fourth-order valence-corrected chi connectivity index (χ4v) is 3.11. The minimum atomic E-state index is -0.268. The Kier molecular flexibility index (Phi) is 4.90. The zero-order valence-corrected chi connectivity index (χ0v) is 14.3. The Labute approximate surface area is 143 Å². The lowest BCUT2D eigenvalue weighted by molar-refractivity contribution is 0.251. The molecule has 0 radical (unpaired) electrons. The number of aromatic nitrogens is 2. The largest absolute Gasteiger partial charge is 0.496 e. The number of anilines is 1. The summed E-state index contributed by atoms with van der Waals surface area (Å²) in [4.78, 5) is 20.8. The minimum Gasteiger partial charge on any atom is -0.496 e. The third-order valence-corrected chi connectivity index (χ3v) is 4.65. The first kappa shape index (κ1) is 16.2. The maximum Gasteiger partial charge on any atom is 0.319 e. The third kappa shape index (κ3) is 3.46. The fraction of sp³-hybridized carbons (Fsp3) is 0.235. The molecule has 0 unspecified atom stereocenters. The molecule has 2 amide bonds. The number of carbonyl (C=O) groups excluding carboxylic acids is 1. The lowest BCUT2D eigenvalue weighted by Crippen LogP contribution is -2.31. The van der Waals surface area contributed by atoms with Gasteiger partial charge in [0.1, 0.15) is 5.75 Å². The smallest absolute Gasteiger partial charge is 0.319 e. The summed E-state index contributed by atoms with van der Waals surface area (Å²) in [5, 5.41) is 9.52. The van der Waals surface area contributed by atoms with Crippen molar-refractivity contribution in [3.8, 4) is 5.75 Å². The monoisotopic (exact) mass is 342 g/mol. The average Bonchev–Trinajstić information content (AvgIpc) is 3.14. The van der Waals surface area contributed by atoms with Crippen LogP contribution in [0.15, 0.2) is 42.0 Å². The number of pyridine rings is 1. The van der Waals surface area contributed by atoms with Crippen molar-refractivity contribution in [1.29, 1.82) is 0 Å². The Hall–Kier alpha value is -2.67. The zero-order chi connectivity index (χ0) is 16.9. The zero-order valence-electron chi connectivity index (χ0n) is 13.4. The van der Waals surface area contributed by atoms with Crippen LogP contribution in [0.25, 0.3) is 10.9 Å². The highest BCUT2D eigenvalue weighted by Crippen LogP contribution is 2.28. The van der Waals surface area contributed by atoms with Crippen molar-refractivity contribution >= 4 is 34.0 Å². The maximum atomic E-state index is 12.2. The van der Waals surface area contributed by atoms with Gasteiger partial charge in [-0.15, -0.1) is 11.3 Å². The molecule has 0 spiro atoms. The Bertz CT molecular complexity index is 836. The number of hydrogen-bond donors (Lipinski definition) is 2. The summed E-state index contributed by atoms with van der Waals surface area (Å²) in [5.41, 5.74) is 1.34. The Morgan fingerprint density at radius 1 is 1.29 bits per heavy atom. The molecule has 6 nitrogen and oxygen atoms in total. The number of urea groups is 1. The molecule has 2 N–H and O–H groups in total. The minimum absolute atomic E-state index is 0.168. The van der Waals surface area contributed by atoms with Crippen LogP contribution in [0.5, 0.6) is 5.75 Å². The highest BCUT2D eigenvalue weighted by Gasteiger charge is 2.12. The Morgan fingerprint density at radius 2 is 2.17 bits per heavy atom. The first-order chi connectivity index (χ1) is 11.7. The van der Waals surface area contributed by atoms with Crippen LogP contribution in [-0.2, 0) is 0 Å². The predicted octanol–water partition coefficient (Wildman–Crippen LogP) is 3.63. The molecule has 24 heavy (non-hydrogen) atoms. The molecule has 0 saturated carbocycles. The SMILES string of the molecule is COc1ccnc2c(NC(=O)NC[C@@H](C)c3nccs3)cccc12. The summed E-state index contributed by atoms with van der Waals surface area (Å²) < 4.78 is 5.33. The van der Waals surface area contributed by atoms with E-state index in [1.165, 1.54) is 0 Å². The molecule has 0 fully saturated rings. The van der Waals surface area contributed by atoms with E-state index in [0.29, 0.717) is 17.7 Å². The van der Waals surface area contributed by atoms with Crippen molar-refractivity contribution in [2.75, 3.05) is 19.0 Å². The second kappa shape index (κ2) is 7.27. The molecule has 0 aliphatic heterocycles. The highest BCUT2D eigenvalue weighted by molar-refractivity contribution is 7.09. The number of fused-ring (bicyclic) bond motifs is 1. The first-order valence-corrected chi connectivity index (χ1v) is 8.43. The summed E-state index contributed by atoms with van der Waals surface area (Å²) in [6, 6.07) is 7.12. The van der Waals surface area contributed by atoms with Crippen LogP contribution in [0.4, 0.5) is 10.5 Å². The van der Waals surface area contributed by atoms with E-state index >= 15 is 0 Å². The van der Waals surface area contributed by atoms with E-state index in [2.05, 4.69) is 20.6 Å².